The molecule has 1 aliphatic heterocycles. The van der Waals surface area contributed by atoms with Crippen molar-refractivity contribution in [3.8, 4) is 0 Å². The lowest BCUT2D eigenvalue weighted by atomic mass is 9.85. The second kappa shape index (κ2) is 6.14. The second-order valence-corrected chi connectivity index (χ2v) is 5.62. The average molecular weight is 242 g/mol. The summed E-state index contributed by atoms with van der Waals surface area (Å²) in [5.74, 6) is 0. The van der Waals surface area contributed by atoms with Crippen molar-refractivity contribution < 1.29 is 9.84 Å². The van der Waals surface area contributed by atoms with E-state index in [1.807, 2.05) is 7.05 Å². The van der Waals surface area contributed by atoms with Gasteiger partial charge in [0.2, 0.25) is 0 Å². The molecule has 0 aromatic carbocycles. The average Bonchev–Trinajstić information content (AvgIpc) is 2.79. The molecule has 1 atom stereocenters. The van der Waals surface area contributed by atoms with E-state index < -0.39 is 0 Å². The first-order valence-corrected chi connectivity index (χ1v) is 6.87. The number of hydrogen-bond acceptors (Lipinski definition) is 4. The Balaban J connectivity index is 1.96. The lowest BCUT2D eigenvalue weighted by molar-refractivity contribution is -0.0438. The number of aliphatic hydroxyl groups is 1. The molecule has 0 radical (unpaired) electrons. The van der Waals surface area contributed by atoms with Crippen LogP contribution in [-0.4, -0.2) is 62.6 Å². The van der Waals surface area contributed by atoms with Gasteiger partial charge in [0.1, 0.15) is 0 Å². The van der Waals surface area contributed by atoms with Crippen molar-refractivity contribution >= 4 is 0 Å². The van der Waals surface area contributed by atoms with E-state index >= 15 is 0 Å². The van der Waals surface area contributed by atoms with Crippen molar-refractivity contribution in [1.29, 1.82) is 0 Å². The van der Waals surface area contributed by atoms with Crippen LogP contribution in [0.3, 0.4) is 0 Å². The first-order chi connectivity index (χ1) is 8.29. The van der Waals surface area contributed by atoms with E-state index in [0.717, 1.165) is 26.2 Å². The molecule has 1 aliphatic carbocycles. The highest BCUT2D eigenvalue weighted by Crippen LogP contribution is 2.38. The third-order valence-electron chi connectivity index (χ3n) is 4.31. The summed E-state index contributed by atoms with van der Waals surface area (Å²) in [5, 5.41) is 12.8. The maximum Gasteiger partial charge on any atom is 0.0644 e. The number of aliphatic hydroxyl groups excluding tert-OH is 1. The normalized spacial score (nSPS) is 29.6. The maximum absolute atomic E-state index is 9.41. The Morgan fingerprint density at radius 1 is 1.41 bits per heavy atom. The minimum Gasteiger partial charge on any atom is -0.395 e. The summed E-state index contributed by atoms with van der Waals surface area (Å²) < 4.78 is 5.44. The first kappa shape index (κ1) is 13.3. The SMILES string of the molecule is CNCC1(CN2CCOCC2CO)CCCC1. The topological polar surface area (TPSA) is 44.7 Å². The predicted molar refractivity (Wildman–Crippen MR) is 68.1 cm³/mol. The Morgan fingerprint density at radius 2 is 2.18 bits per heavy atom. The monoisotopic (exact) mass is 242 g/mol. The van der Waals surface area contributed by atoms with Gasteiger partial charge in [-0.1, -0.05) is 12.8 Å². The van der Waals surface area contributed by atoms with Gasteiger partial charge in [-0.2, -0.15) is 0 Å². The predicted octanol–water partition coefficient (Wildman–Crippen LogP) is 0.459. The van der Waals surface area contributed by atoms with Crippen LogP contribution in [0.15, 0.2) is 0 Å². The van der Waals surface area contributed by atoms with E-state index in [9.17, 15) is 5.11 Å². The number of nitrogens with zero attached hydrogens (tertiary/aromatic N) is 1. The molecule has 17 heavy (non-hydrogen) atoms. The third kappa shape index (κ3) is 3.19. The zero-order chi connectivity index (χ0) is 12.1. The van der Waals surface area contributed by atoms with Crippen LogP contribution < -0.4 is 5.32 Å². The molecule has 0 amide bonds. The third-order valence-corrected chi connectivity index (χ3v) is 4.31. The molecule has 2 N–H and O–H groups in total. The number of ether oxygens (including phenoxy) is 1. The quantitative estimate of drug-likeness (QED) is 0.735. The summed E-state index contributed by atoms with van der Waals surface area (Å²) in [6, 6.07) is 0.207. The van der Waals surface area contributed by atoms with Gasteiger partial charge in [-0.3, -0.25) is 4.90 Å². The number of morpholine rings is 1. The molecule has 2 aliphatic rings. The molecular formula is C13H26N2O2. The van der Waals surface area contributed by atoms with Crippen LogP contribution in [0.25, 0.3) is 0 Å². The zero-order valence-corrected chi connectivity index (χ0v) is 11.0. The molecule has 0 aromatic heterocycles. The van der Waals surface area contributed by atoms with Crippen LogP contribution in [0.5, 0.6) is 0 Å². The van der Waals surface area contributed by atoms with Crippen molar-refractivity contribution in [2.24, 2.45) is 5.41 Å². The molecule has 4 heteroatoms. The van der Waals surface area contributed by atoms with Crippen molar-refractivity contribution in [2.45, 2.75) is 31.7 Å². The summed E-state index contributed by atoms with van der Waals surface area (Å²) in [5.41, 5.74) is 0.430. The summed E-state index contributed by atoms with van der Waals surface area (Å²) in [7, 11) is 2.04. The molecule has 0 bridgehead atoms. The fourth-order valence-electron chi connectivity index (χ4n) is 3.39. The Bertz CT molecular complexity index is 229. The highest BCUT2D eigenvalue weighted by Gasteiger charge is 2.37. The molecule has 1 saturated carbocycles. The summed E-state index contributed by atoms with van der Waals surface area (Å²) in [6.07, 6.45) is 5.36. The number of hydrogen-bond donors (Lipinski definition) is 2. The van der Waals surface area contributed by atoms with Gasteiger partial charge in [0.25, 0.3) is 0 Å². The van der Waals surface area contributed by atoms with E-state index in [2.05, 4.69) is 10.2 Å². The molecule has 1 heterocycles. The van der Waals surface area contributed by atoms with Crippen molar-refractivity contribution in [3.05, 3.63) is 0 Å². The molecular weight excluding hydrogens is 216 g/mol. The maximum atomic E-state index is 9.41. The van der Waals surface area contributed by atoms with Gasteiger partial charge in [-0.25, -0.2) is 0 Å². The lowest BCUT2D eigenvalue weighted by Gasteiger charge is -2.41. The minimum absolute atomic E-state index is 0.207. The van der Waals surface area contributed by atoms with Crippen LogP contribution in [0.1, 0.15) is 25.7 Å². The highest BCUT2D eigenvalue weighted by molar-refractivity contribution is 4.91. The molecule has 1 saturated heterocycles. The summed E-state index contributed by atoms with van der Waals surface area (Å²) in [6.45, 7) is 4.90. The van der Waals surface area contributed by atoms with Crippen LogP contribution >= 0.6 is 0 Å². The molecule has 2 fully saturated rings. The van der Waals surface area contributed by atoms with Crippen molar-refractivity contribution in [3.63, 3.8) is 0 Å². The summed E-state index contributed by atoms with van der Waals surface area (Å²) >= 11 is 0. The zero-order valence-electron chi connectivity index (χ0n) is 11.0. The Hall–Kier alpha value is -0.160. The van der Waals surface area contributed by atoms with Gasteiger partial charge < -0.3 is 15.2 Å². The number of nitrogens with one attached hydrogen (secondary N) is 1. The fourth-order valence-corrected chi connectivity index (χ4v) is 3.39. The molecule has 0 spiro atoms. The van der Waals surface area contributed by atoms with E-state index in [0.29, 0.717) is 12.0 Å². The van der Waals surface area contributed by atoms with Crippen molar-refractivity contribution in [1.82, 2.24) is 10.2 Å². The fraction of sp³-hybridized carbons (Fsp3) is 1.00. The smallest absolute Gasteiger partial charge is 0.0644 e. The van der Waals surface area contributed by atoms with Crippen LogP contribution in [-0.2, 0) is 4.74 Å². The molecule has 4 nitrogen and oxygen atoms in total. The van der Waals surface area contributed by atoms with Gasteiger partial charge >= 0.3 is 0 Å². The van der Waals surface area contributed by atoms with E-state index in [1.54, 1.807) is 0 Å². The Labute approximate surface area is 104 Å². The number of rotatable bonds is 5. The van der Waals surface area contributed by atoms with Crippen molar-refractivity contribution in [2.75, 3.05) is 46.5 Å². The highest BCUT2D eigenvalue weighted by atomic mass is 16.5. The second-order valence-electron chi connectivity index (χ2n) is 5.62. The molecule has 100 valence electrons. The van der Waals surface area contributed by atoms with E-state index in [4.69, 9.17) is 4.74 Å². The van der Waals surface area contributed by atoms with Gasteiger partial charge in [0.15, 0.2) is 0 Å². The van der Waals surface area contributed by atoms with Gasteiger partial charge in [-0.05, 0) is 25.3 Å². The van der Waals surface area contributed by atoms with Gasteiger partial charge in [0.05, 0.1) is 25.9 Å². The Kier molecular flexibility index (Phi) is 4.79. The Morgan fingerprint density at radius 3 is 2.82 bits per heavy atom. The molecule has 2 rings (SSSR count). The van der Waals surface area contributed by atoms with Crippen LogP contribution in [0, 0.1) is 5.41 Å². The molecule has 0 aromatic rings. The van der Waals surface area contributed by atoms with E-state index in [-0.39, 0.29) is 12.6 Å². The molecule has 1 unspecified atom stereocenters. The summed E-state index contributed by atoms with van der Waals surface area (Å²) in [4.78, 5) is 2.44. The first-order valence-electron chi connectivity index (χ1n) is 6.87. The minimum atomic E-state index is 0.207. The van der Waals surface area contributed by atoms with Crippen LogP contribution in [0.4, 0.5) is 0 Å². The van der Waals surface area contributed by atoms with Gasteiger partial charge in [-0.15, -0.1) is 0 Å². The van der Waals surface area contributed by atoms with E-state index in [1.165, 1.54) is 25.7 Å². The lowest BCUT2D eigenvalue weighted by Crippen LogP contribution is -2.52. The standard InChI is InChI=1S/C13H26N2O2/c1-14-10-13(4-2-3-5-13)11-15-6-7-17-9-12(15)8-16/h12,14,16H,2-11H2,1H3. The van der Waals surface area contributed by atoms with Gasteiger partial charge in [0, 0.05) is 19.6 Å². The van der Waals surface area contributed by atoms with Crippen LogP contribution in [0.2, 0.25) is 0 Å². The largest absolute Gasteiger partial charge is 0.395 e.